The van der Waals surface area contributed by atoms with E-state index in [2.05, 4.69) is 5.32 Å². The first-order valence-electron chi connectivity index (χ1n) is 5.86. The number of ether oxygens (including phenoxy) is 1. The average Bonchev–Trinajstić information content (AvgIpc) is 2.50. The largest absolute Gasteiger partial charge is 0.493 e. The lowest BCUT2D eigenvalue weighted by atomic mass is 10.00. The zero-order chi connectivity index (χ0) is 12.3. The van der Waals surface area contributed by atoms with Crippen molar-refractivity contribution in [3.05, 3.63) is 29.3 Å². The van der Waals surface area contributed by atoms with Crippen LogP contribution in [-0.2, 0) is 4.79 Å². The maximum absolute atomic E-state index is 10.6. The summed E-state index contributed by atoms with van der Waals surface area (Å²) in [6, 6.07) is 6.08. The van der Waals surface area contributed by atoms with Crippen LogP contribution in [0.4, 0.5) is 0 Å². The van der Waals surface area contributed by atoms with Crippen LogP contribution in [0.3, 0.4) is 0 Å². The second-order valence-electron chi connectivity index (χ2n) is 4.31. The minimum atomic E-state index is -0.829. The van der Waals surface area contributed by atoms with E-state index in [1.807, 2.05) is 25.1 Å². The summed E-state index contributed by atoms with van der Waals surface area (Å²) in [7, 11) is 0. The monoisotopic (exact) mass is 235 g/mol. The summed E-state index contributed by atoms with van der Waals surface area (Å²) in [5, 5.41) is 11.8. The number of aliphatic carboxylic acids is 1. The molecule has 1 aliphatic rings. The third kappa shape index (κ3) is 2.77. The van der Waals surface area contributed by atoms with Gasteiger partial charge in [-0.25, -0.2) is 0 Å². The number of carboxylic acid groups (broad SMARTS) is 1. The molecule has 17 heavy (non-hydrogen) atoms. The van der Waals surface area contributed by atoms with Gasteiger partial charge in [-0.05, 0) is 25.3 Å². The minimum absolute atomic E-state index is 0.0158. The Hall–Kier alpha value is -1.55. The molecule has 0 spiro atoms. The molecule has 1 aromatic carbocycles. The van der Waals surface area contributed by atoms with E-state index in [9.17, 15) is 4.79 Å². The van der Waals surface area contributed by atoms with E-state index in [4.69, 9.17) is 9.84 Å². The molecule has 1 heterocycles. The highest BCUT2D eigenvalue weighted by molar-refractivity contribution is 5.69. The lowest BCUT2D eigenvalue weighted by Crippen LogP contribution is -2.27. The maximum Gasteiger partial charge on any atom is 0.317 e. The molecule has 1 unspecified atom stereocenters. The summed E-state index contributed by atoms with van der Waals surface area (Å²) in [5.41, 5.74) is 2.18. The normalized spacial score (nSPS) is 19.0. The topological polar surface area (TPSA) is 58.6 Å². The molecular formula is C13H17NO3. The molecule has 1 aliphatic heterocycles. The summed E-state index contributed by atoms with van der Waals surface area (Å²) in [5.74, 6) is 0.0808. The molecule has 92 valence electrons. The third-order valence-electron chi connectivity index (χ3n) is 3.00. The average molecular weight is 235 g/mol. The quantitative estimate of drug-likeness (QED) is 0.840. The number of para-hydroxylation sites is 1. The second kappa shape index (κ2) is 5.19. The van der Waals surface area contributed by atoms with Crippen LogP contribution >= 0.6 is 0 Å². The van der Waals surface area contributed by atoms with Gasteiger partial charge in [-0.3, -0.25) is 10.1 Å². The molecule has 1 atom stereocenters. The highest BCUT2D eigenvalue weighted by atomic mass is 16.5. The van der Waals surface area contributed by atoms with Crippen LogP contribution in [-0.4, -0.2) is 24.2 Å². The number of fused-ring (bicyclic) bond motifs is 1. The lowest BCUT2D eigenvalue weighted by molar-refractivity contribution is -0.136. The van der Waals surface area contributed by atoms with Gasteiger partial charge in [0.15, 0.2) is 0 Å². The second-order valence-corrected chi connectivity index (χ2v) is 4.31. The molecule has 1 aromatic rings. The molecule has 0 amide bonds. The van der Waals surface area contributed by atoms with Crippen LogP contribution < -0.4 is 10.1 Å². The summed E-state index contributed by atoms with van der Waals surface area (Å²) < 4.78 is 5.73. The van der Waals surface area contributed by atoms with E-state index in [1.165, 1.54) is 0 Å². The highest BCUT2D eigenvalue weighted by Gasteiger charge is 2.20. The van der Waals surface area contributed by atoms with E-state index in [-0.39, 0.29) is 12.6 Å². The molecule has 0 saturated carbocycles. The lowest BCUT2D eigenvalue weighted by Gasteiger charge is -2.18. The number of rotatable bonds is 3. The zero-order valence-electron chi connectivity index (χ0n) is 9.90. The molecule has 4 heteroatoms. The van der Waals surface area contributed by atoms with Crippen molar-refractivity contribution in [3.8, 4) is 5.75 Å². The molecule has 0 bridgehead atoms. The number of aryl methyl sites for hydroxylation is 1. The Balaban J connectivity index is 2.24. The number of carboxylic acids is 1. The summed E-state index contributed by atoms with van der Waals surface area (Å²) >= 11 is 0. The van der Waals surface area contributed by atoms with Crippen molar-refractivity contribution < 1.29 is 14.6 Å². The fourth-order valence-corrected chi connectivity index (χ4v) is 2.19. The van der Waals surface area contributed by atoms with E-state index in [0.717, 1.165) is 29.7 Å². The summed E-state index contributed by atoms with van der Waals surface area (Å²) in [6.45, 7) is 2.69. The first kappa shape index (κ1) is 11.9. The Bertz CT molecular complexity index is 417. The smallest absolute Gasteiger partial charge is 0.317 e. The van der Waals surface area contributed by atoms with Gasteiger partial charge in [-0.15, -0.1) is 0 Å². The molecule has 0 aromatic heterocycles. The molecule has 4 nitrogen and oxygen atoms in total. The molecule has 0 fully saturated rings. The highest BCUT2D eigenvalue weighted by Crippen LogP contribution is 2.33. The molecule has 2 N–H and O–H groups in total. The predicted molar refractivity (Wildman–Crippen MR) is 64.3 cm³/mol. The van der Waals surface area contributed by atoms with Crippen LogP contribution in [0.15, 0.2) is 18.2 Å². The Kier molecular flexibility index (Phi) is 3.64. The Labute approximate surface area is 101 Å². The van der Waals surface area contributed by atoms with E-state index >= 15 is 0 Å². The van der Waals surface area contributed by atoms with E-state index in [0.29, 0.717) is 6.61 Å². The summed E-state index contributed by atoms with van der Waals surface area (Å²) in [4.78, 5) is 10.6. The van der Waals surface area contributed by atoms with Crippen molar-refractivity contribution in [1.29, 1.82) is 0 Å². The first-order chi connectivity index (χ1) is 8.18. The van der Waals surface area contributed by atoms with Gasteiger partial charge in [-0.1, -0.05) is 18.2 Å². The van der Waals surface area contributed by atoms with Crippen LogP contribution in [0.25, 0.3) is 0 Å². The molecular weight excluding hydrogens is 218 g/mol. The van der Waals surface area contributed by atoms with Crippen molar-refractivity contribution >= 4 is 5.97 Å². The van der Waals surface area contributed by atoms with Gasteiger partial charge in [0, 0.05) is 11.6 Å². The van der Waals surface area contributed by atoms with Crippen molar-refractivity contribution in [3.63, 3.8) is 0 Å². The van der Waals surface area contributed by atoms with Gasteiger partial charge < -0.3 is 9.84 Å². The molecule has 0 aliphatic carbocycles. The number of hydrogen-bond acceptors (Lipinski definition) is 3. The minimum Gasteiger partial charge on any atom is -0.493 e. The van der Waals surface area contributed by atoms with Crippen molar-refractivity contribution in [2.45, 2.75) is 25.8 Å². The van der Waals surface area contributed by atoms with Crippen LogP contribution in [0.5, 0.6) is 5.75 Å². The van der Waals surface area contributed by atoms with Gasteiger partial charge in [0.1, 0.15) is 5.75 Å². The number of hydrogen-bond donors (Lipinski definition) is 2. The van der Waals surface area contributed by atoms with E-state index in [1.54, 1.807) is 0 Å². The Morgan fingerprint density at radius 3 is 3.18 bits per heavy atom. The molecule has 2 rings (SSSR count). The molecule has 0 radical (unpaired) electrons. The van der Waals surface area contributed by atoms with Crippen LogP contribution in [0.2, 0.25) is 0 Å². The van der Waals surface area contributed by atoms with Gasteiger partial charge in [0.2, 0.25) is 0 Å². The third-order valence-corrected chi connectivity index (χ3v) is 3.00. The Morgan fingerprint density at radius 1 is 1.59 bits per heavy atom. The van der Waals surface area contributed by atoms with Gasteiger partial charge in [0.05, 0.1) is 13.2 Å². The van der Waals surface area contributed by atoms with Crippen molar-refractivity contribution in [2.24, 2.45) is 0 Å². The Morgan fingerprint density at radius 2 is 2.41 bits per heavy atom. The van der Waals surface area contributed by atoms with Gasteiger partial charge >= 0.3 is 5.97 Å². The number of nitrogens with one attached hydrogen (secondary N) is 1. The zero-order valence-corrected chi connectivity index (χ0v) is 9.90. The van der Waals surface area contributed by atoms with E-state index < -0.39 is 5.97 Å². The fraction of sp³-hybridized carbons (Fsp3) is 0.462. The fourth-order valence-electron chi connectivity index (χ4n) is 2.19. The van der Waals surface area contributed by atoms with Crippen molar-refractivity contribution in [2.75, 3.05) is 13.2 Å². The maximum atomic E-state index is 10.6. The van der Waals surface area contributed by atoms with Crippen molar-refractivity contribution in [1.82, 2.24) is 5.32 Å². The van der Waals surface area contributed by atoms with Crippen LogP contribution in [0, 0.1) is 6.92 Å². The predicted octanol–water partition coefficient (Wildman–Crippen LogP) is 1.88. The first-order valence-corrected chi connectivity index (χ1v) is 5.86. The standard InChI is InChI=1S/C13H17NO3/c1-9-4-2-5-10-11(14-8-12(15)16)6-3-7-17-13(9)10/h2,4-5,11,14H,3,6-8H2,1H3,(H,15,16). The van der Waals surface area contributed by atoms with Gasteiger partial charge in [0.25, 0.3) is 0 Å². The number of benzene rings is 1. The SMILES string of the molecule is Cc1cccc2c1OCCCC2NCC(=O)O. The summed E-state index contributed by atoms with van der Waals surface area (Å²) in [6.07, 6.45) is 1.84. The number of carbonyl (C=O) groups is 1. The molecule has 0 saturated heterocycles. The van der Waals surface area contributed by atoms with Gasteiger partial charge in [-0.2, -0.15) is 0 Å². The van der Waals surface area contributed by atoms with Crippen LogP contribution in [0.1, 0.15) is 30.0 Å².